The summed E-state index contributed by atoms with van der Waals surface area (Å²) in [6, 6.07) is 8.51. The van der Waals surface area contributed by atoms with Crippen LogP contribution >= 0.6 is 35.6 Å². The Kier molecular flexibility index (Phi) is 12.3. The van der Waals surface area contributed by atoms with Crippen LogP contribution in [0.1, 0.15) is 26.3 Å². The molecule has 1 fully saturated rings. The van der Waals surface area contributed by atoms with Crippen LogP contribution in [0.15, 0.2) is 29.3 Å². The molecule has 1 heterocycles. The van der Waals surface area contributed by atoms with Gasteiger partial charge in [-0.3, -0.25) is 9.89 Å². The molecule has 2 N–H and O–H groups in total. The third-order valence-corrected chi connectivity index (χ3v) is 5.21. The Morgan fingerprint density at radius 3 is 2.37 bits per heavy atom. The van der Waals surface area contributed by atoms with Crippen LogP contribution < -0.4 is 10.6 Å². The number of nitrogens with one attached hydrogen (secondary N) is 2. The molecule has 0 bridgehead atoms. The summed E-state index contributed by atoms with van der Waals surface area (Å²) in [5.74, 6) is 0.903. The third kappa shape index (κ3) is 8.98. The van der Waals surface area contributed by atoms with Gasteiger partial charge < -0.3 is 15.5 Å². The lowest BCUT2D eigenvalue weighted by Crippen LogP contribution is -2.50. The van der Waals surface area contributed by atoms with E-state index < -0.39 is 0 Å². The van der Waals surface area contributed by atoms with Crippen molar-refractivity contribution in [2.45, 2.75) is 33.2 Å². The fourth-order valence-electron chi connectivity index (χ4n) is 3.18. The van der Waals surface area contributed by atoms with E-state index >= 15 is 0 Å². The van der Waals surface area contributed by atoms with Gasteiger partial charge >= 0.3 is 0 Å². The average molecular weight is 508 g/mol. The highest BCUT2D eigenvalue weighted by Crippen LogP contribution is 2.09. The molecule has 1 unspecified atom stereocenters. The van der Waals surface area contributed by atoms with Gasteiger partial charge in [0.2, 0.25) is 0 Å². The summed E-state index contributed by atoms with van der Waals surface area (Å²) in [6.45, 7) is 15.0. The molecule has 0 aromatic heterocycles. The highest BCUT2D eigenvalue weighted by atomic mass is 127. The van der Waals surface area contributed by atoms with Gasteiger partial charge in [-0.1, -0.05) is 30.7 Å². The minimum atomic E-state index is 0. The first-order valence-electron chi connectivity index (χ1n) is 9.85. The molecule has 2 rings (SSSR count). The van der Waals surface area contributed by atoms with Crippen molar-refractivity contribution in [3.8, 4) is 0 Å². The van der Waals surface area contributed by atoms with Crippen molar-refractivity contribution in [1.29, 1.82) is 0 Å². The van der Waals surface area contributed by atoms with Gasteiger partial charge in [0.1, 0.15) is 0 Å². The van der Waals surface area contributed by atoms with Gasteiger partial charge in [-0.2, -0.15) is 0 Å². The smallest absolute Gasteiger partial charge is 0.191 e. The molecule has 1 aliphatic rings. The van der Waals surface area contributed by atoms with Crippen molar-refractivity contribution in [2.75, 3.05) is 52.4 Å². The first-order valence-corrected chi connectivity index (χ1v) is 10.2. The molecule has 0 aliphatic carbocycles. The Morgan fingerprint density at radius 2 is 1.78 bits per heavy atom. The minimum Gasteiger partial charge on any atom is -0.357 e. The molecule has 27 heavy (non-hydrogen) atoms. The molecule has 1 aliphatic heterocycles. The zero-order valence-electron chi connectivity index (χ0n) is 16.9. The number of guanidine groups is 1. The number of rotatable bonds is 8. The van der Waals surface area contributed by atoms with Gasteiger partial charge in [0.15, 0.2) is 5.96 Å². The van der Waals surface area contributed by atoms with E-state index in [1.165, 1.54) is 18.7 Å². The van der Waals surface area contributed by atoms with E-state index in [9.17, 15) is 0 Å². The largest absolute Gasteiger partial charge is 0.357 e. The SMILES string of the molecule is CCNC(=NCC(C)N1CCN(CC)CC1)NCCc1ccc(Cl)cc1.I. The second kappa shape index (κ2) is 13.6. The van der Waals surface area contributed by atoms with Crippen LogP contribution in [-0.2, 0) is 6.42 Å². The highest BCUT2D eigenvalue weighted by molar-refractivity contribution is 14.0. The molecule has 5 nitrogen and oxygen atoms in total. The van der Waals surface area contributed by atoms with Gasteiger partial charge in [0, 0.05) is 50.3 Å². The number of halogens is 2. The maximum atomic E-state index is 5.94. The summed E-state index contributed by atoms with van der Waals surface area (Å²) >= 11 is 5.94. The quantitative estimate of drug-likeness (QED) is 0.322. The number of piperazine rings is 1. The van der Waals surface area contributed by atoms with E-state index in [4.69, 9.17) is 16.6 Å². The molecule has 0 radical (unpaired) electrons. The van der Waals surface area contributed by atoms with E-state index in [0.29, 0.717) is 6.04 Å². The molecule has 154 valence electrons. The fraction of sp³-hybridized carbons (Fsp3) is 0.650. The second-order valence-electron chi connectivity index (χ2n) is 6.84. The van der Waals surface area contributed by atoms with E-state index in [1.807, 2.05) is 12.1 Å². The summed E-state index contributed by atoms with van der Waals surface area (Å²) in [7, 11) is 0. The van der Waals surface area contributed by atoms with Gasteiger partial charge in [-0.25, -0.2) is 0 Å². The zero-order valence-corrected chi connectivity index (χ0v) is 20.0. The molecule has 1 aromatic rings. The fourth-order valence-corrected chi connectivity index (χ4v) is 3.30. The van der Waals surface area contributed by atoms with E-state index in [1.54, 1.807) is 0 Å². The van der Waals surface area contributed by atoms with Crippen molar-refractivity contribution in [3.63, 3.8) is 0 Å². The molecule has 7 heteroatoms. The molecule has 1 saturated heterocycles. The molecule has 1 atom stereocenters. The summed E-state index contributed by atoms with van der Waals surface area (Å²) in [5, 5.41) is 7.56. The lowest BCUT2D eigenvalue weighted by atomic mass is 10.1. The average Bonchev–Trinajstić information content (AvgIpc) is 2.67. The lowest BCUT2D eigenvalue weighted by Gasteiger charge is -2.37. The number of benzene rings is 1. The minimum absolute atomic E-state index is 0. The predicted molar refractivity (Wildman–Crippen MR) is 128 cm³/mol. The Hall–Kier alpha value is -0.570. The standard InChI is InChI=1S/C20H34ClN5.HI/c1-4-22-20(23-11-10-18-6-8-19(21)9-7-18)24-16-17(3)26-14-12-25(5-2)13-15-26;/h6-9,17H,4-5,10-16H2,1-3H3,(H2,22,23,24);1H. The lowest BCUT2D eigenvalue weighted by molar-refractivity contribution is 0.109. The van der Waals surface area contributed by atoms with Crippen LogP contribution in [0.25, 0.3) is 0 Å². The van der Waals surface area contributed by atoms with Crippen molar-refractivity contribution >= 4 is 41.5 Å². The van der Waals surface area contributed by atoms with Gasteiger partial charge in [0.05, 0.1) is 6.54 Å². The number of hydrogen-bond donors (Lipinski definition) is 2. The van der Waals surface area contributed by atoms with Crippen LogP contribution in [0.3, 0.4) is 0 Å². The third-order valence-electron chi connectivity index (χ3n) is 4.95. The van der Waals surface area contributed by atoms with E-state index in [2.05, 4.69) is 53.3 Å². The van der Waals surface area contributed by atoms with Crippen LogP contribution in [0.4, 0.5) is 0 Å². The predicted octanol–water partition coefficient (Wildman–Crippen LogP) is 3.08. The monoisotopic (exact) mass is 507 g/mol. The van der Waals surface area contributed by atoms with Gasteiger partial charge in [-0.05, 0) is 44.5 Å². The van der Waals surface area contributed by atoms with Gasteiger partial charge in [0.25, 0.3) is 0 Å². The Labute approximate surface area is 186 Å². The Morgan fingerprint density at radius 1 is 1.11 bits per heavy atom. The van der Waals surface area contributed by atoms with Gasteiger partial charge in [-0.15, -0.1) is 24.0 Å². The summed E-state index contributed by atoms with van der Waals surface area (Å²) < 4.78 is 0. The maximum absolute atomic E-state index is 5.94. The molecule has 0 saturated carbocycles. The molecule has 0 spiro atoms. The zero-order chi connectivity index (χ0) is 18.8. The van der Waals surface area contributed by atoms with Crippen LogP contribution in [0, 0.1) is 0 Å². The van der Waals surface area contributed by atoms with Crippen molar-refractivity contribution in [2.24, 2.45) is 4.99 Å². The van der Waals surface area contributed by atoms with Crippen LogP contribution in [0.2, 0.25) is 5.02 Å². The summed E-state index contributed by atoms with van der Waals surface area (Å²) in [6.07, 6.45) is 0.954. The van der Waals surface area contributed by atoms with Crippen molar-refractivity contribution < 1.29 is 0 Å². The molecule has 0 amide bonds. The Balaban J connectivity index is 0.00000364. The van der Waals surface area contributed by atoms with E-state index in [-0.39, 0.29) is 24.0 Å². The normalized spacial score (nSPS) is 17.3. The number of likely N-dealkylation sites (N-methyl/N-ethyl adjacent to an activating group) is 1. The first kappa shape index (κ1) is 24.5. The number of hydrogen-bond acceptors (Lipinski definition) is 3. The van der Waals surface area contributed by atoms with Crippen molar-refractivity contribution in [1.82, 2.24) is 20.4 Å². The van der Waals surface area contributed by atoms with Crippen molar-refractivity contribution in [3.05, 3.63) is 34.9 Å². The number of nitrogens with zero attached hydrogens (tertiary/aromatic N) is 3. The van der Waals surface area contributed by atoms with Crippen LogP contribution in [-0.4, -0.2) is 74.2 Å². The maximum Gasteiger partial charge on any atom is 0.191 e. The van der Waals surface area contributed by atoms with Crippen LogP contribution in [0.5, 0.6) is 0 Å². The number of aliphatic imine (C=N–C) groups is 1. The molecular formula is C20H35ClIN5. The van der Waals surface area contributed by atoms with E-state index in [0.717, 1.165) is 56.7 Å². The topological polar surface area (TPSA) is 42.9 Å². The molecular weight excluding hydrogens is 473 g/mol. The second-order valence-corrected chi connectivity index (χ2v) is 7.28. The highest BCUT2D eigenvalue weighted by Gasteiger charge is 2.19. The first-order chi connectivity index (χ1) is 12.6. The summed E-state index contributed by atoms with van der Waals surface area (Å²) in [5.41, 5.74) is 1.28. The summed E-state index contributed by atoms with van der Waals surface area (Å²) in [4.78, 5) is 9.85. The molecule has 1 aromatic carbocycles. The Bertz CT molecular complexity index is 544.